The highest BCUT2D eigenvalue weighted by Gasteiger charge is 2.04. The van der Waals surface area contributed by atoms with Crippen LogP contribution in [0.5, 0.6) is 0 Å². The Hall–Kier alpha value is -2.08. The van der Waals surface area contributed by atoms with E-state index in [1.807, 2.05) is 30.3 Å². The van der Waals surface area contributed by atoms with Gasteiger partial charge in [-0.05, 0) is 12.5 Å². The zero-order valence-electron chi connectivity index (χ0n) is 10.1. The third-order valence-corrected chi connectivity index (χ3v) is 1.94. The predicted molar refractivity (Wildman–Crippen MR) is 64.4 cm³/mol. The molecule has 0 aliphatic carbocycles. The molecule has 0 atom stereocenters. The van der Waals surface area contributed by atoms with E-state index in [2.05, 4.69) is 15.6 Å². The Morgan fingerprint density at radius 2 is 1.89 bits per heavy atom. The van der Waals surface area contributed by atoms with Crippen molar-refractivity contribution in [1.82, 2.24) is 10.9 Å². The fraction of sp³-hybridized carbons (Fsp3) is 0.333. The minimum atomic E-state index is -0.650. The standard InChI is InChI=1S/C12H16N2O4/c1-2-17-11(15)8-13-14-12(16)18-9-10-6-4-3-5-7-10/h3-7,13H,2,8-9H2,1H3,(H,14,16). The van der Waals surface area contributed by atoms with E-state index in [0.717, 1.165) is 5.56 Å². The summed E-state index contributed by atoms with van der Waals surface area (Å²) in [4.78, 5) is 22.1. The van der Waals surface area contributed by atoms with Gasteiger partial charge in [-0.2, -0.15) is 0 Å². The Bertz CT molecular complexity index is 381. The van der Waals surface area contributed by atoms with Crippen LogP contribution in [0.25, 0.3) is 0 Å². The van der Waals surface area contributed by atoms with Gasteiger partial charge in [-0.1, -0.05) is 30.3 Å². The number of hydrazine groups is 1. The van der Waals surface area contributed by atoms with Crippen LogP contribution in [0.3, 0.4) is 0 Å². The first-order valence-electron chi connectivity index (χ1n) is 5.57. The molecular weight excluding hydrogens is 236 g/mol. The number of carbonyl (C=O) groups excluding carboxylic acids is 2. The van der Waals surface area contributed by atoms with Gasteiger partial charge in [0.2, 0.25) is 0 Å². The highest BCUT2D eigenvalue weighted by Crippen LogP contribution is 1.99. The lowest BCUT2D eigenvalue weighted by Crippen LogP contribution is -2.41. The molecule has 1 aromatic rings. The summed E-state index contributed by atoms with van der Waals surface area (Å²) in [7, 11) is 0. The molecule has 0 saturated heterocycles. The fourth-order valence-electron chi connectivity index (χ4n) is 1.16. The highest BCUT2D eigenvalue weighted by molar-refractivity contribution is 5.72. The number of ether oxygens (including phenoxy) is 2. The van der Waals surface area contributed by atoms with Crippen molar-refractivity contribution in [3.63, 3.8) is 0 Å². The number of esters is 1. The smallest absolute Gasteiger partial charge is 0.421 e. The maximum atomic E-state index is 11.2. The van der Waals surface area contributed by atoms with Crippen molar-refractivity contribution in [2.24, 2.45) is 0 Å². The molecule has 1 amide bonds. The van der Waals surface area contributed by atoms with E-state index < -0.39 is 12.1 Å². The van der Waals surface area contributed by atoms with Crippen LogP contribution in [-0.4, -0.2) is 25.2 Å². The first-order chi connectivity index (χ1) is 8.72. The van der Waals surface area contributed by atoms with Gasteiger partial charge in [0.15, 0.2) is 0 Å². The number of hydrogen-bond donors (Lipinski definition) is 2. The van der Waals surface area contributed by atoms with Crippen LogP contribution >= 0.6 is 0 Å². The predicted octanol–water partition coefficient (Wildman–Crippen LogP) is 0.981. The molecule has 0 spiro atoms. The molecule has 0 bridgehead atoms. The normalized spacial score (nSPS) is 9.61. The van der Waals surface area contributed by atoms with Gasteiger partial charge < -0.3 is 9.47 Å². The molecule has 0 saturated carbocycles. The van der Waals surface area contributed by atoms with E-state index in [-0.39, 0.29) is 13.2 Å². The Balaban J connectivity index is 2.13. The second-order valence-corrected chi connectivity index (χ2v) is 3.35. The molecule has 0 aliphatic rings. The average molecular weight is 252 g/mol. The number of carbonyl (C=O) groups is 2. The molecule has 2 N–H and O–H groups in total. The number of benzene rings is 1. The topological polar surface area (TPSA) is 76.7 Å². The Morgan fingerprint density at radius 3 is 2.56 bits per heavy atom. The van der Waals surface area contributed by atoms with Gasteiger partial charge in [0.05, 0.1) is 6.61 Å². The van der Waals surface area contributed by atoms with Crippen LogP contribution in [0.4, 0.5) is 4.79 Å². The summed E-state index contributed by atoms with van der Waals surface area (Å²) in [5.74, 6) is -0.444. The maximum Gasteiger partial charge on any atom is 0.421 e. The quantitative estimate of drug-likeness (QED) is 0.583. The van der Waals surface area contributed by atoms with Crippen molar-refractivity contribution in [1.29, 1.82) is 0 Å². The van der Waals surface area contributed by atoms with E-state index in [4.69, 9.17) is 4.74 Å². The average Bonchev–Trinajstić information content (AvgIpc) is 2.38. The van der Waals surface area contributed by atoms with Crippen LogP contribution in [0.1, 0.15) is 12.5 Å². The summed E-state index contributed by atoms with van der Waals surface area (Å²) in [6, 6.07) is 9.29. The Morgan fingerprint density at radius 1 is 1.17 bits per heavy atom. The van der Waals surface area contributed by atoms with Gasteiger partial charge >= 0.3 is 12.1 Å². The van der Waals surface area contributed by atoms with Gasteiger partial charge in [-0.25, -0.2) is 10.2 Å². The summed E-state index contributed by atoms with van der Waals surface area (Å²) in [5.41, 5.74) is 5.52. The van der Waals surface area contributed by atoms with Gasteiger partial charge in [0.1, 0.15) is 13.2 Å². The molecule has 1 rings (SSSR count). The Kier molecular flexibility index (Phi) is 6.27. The molecule has 0 fully saturated rings. The van der Waals surface area contributed by atoms with Crippen molar-refractivity contribution in [2.75, 3.05) is 13.2 Å². The summed E-state index contributed by atoms with van der Waals surface area (Å²) >= 11 is 0. The van der Waals surface area contributed by atoms with Crippen LogP contribution in [0, 0.1) is 0 Å². The molecule has 0 unspecified atom stereocenters. The largest absolute Gasteiger partial charge is 0.465 e. The van der Waals surface area contributed by atoms with Gasteiger partial charge in [0, 0.05) is 0 Å². The summed E-state index contributed by atoms with van der Waals surface area (Å²) in [5, 5.41) is 0. The summed E-state index contributed by atoms with van der Waals surface area (Å²) in [6.45, 7) is 2.08. The van der Waals surface area contributed by atoms with Gasteiger partial charge in [-0.3, -0.25) is 10.2 Å². The van der Waals surface area contributed by atoms with Crippen LogP contribution in [0.15, 0.2) is 30.3 Å². The third-order valence-electron chi connectivity index (χ3n) is 1.94. The number of rotatable bonds is 6. The molecule has 98 valence electrons. The maximum absolute atomic E-state index is 11.2. The minimum absolute atomic E-state index is 0.103. The van der Waals surface area contributed by atoms with Gasteiger partial charge in [-0.15, -0.1) is 0 Å². The van der Waals surface area contributed by atoms with E-state index in [9.17, 15) is 9.59 Å². The molecule has 6 heteroatoms. The van der Waals surface area contributed by atoms with Crippen LogP contribution < -0.4 is 10.9 Å². The van der Waals surface area contributed by atoms with Crippen molar-refractivity contribution in [3.8, 4) is 0 Å². The van der Waals surface area contributed by atoms with E-state index in [0.29, 0.717) is 6.61 Å². The van der Waals surface area contributed by atoms with E-state index in [1.165, 1.54) is 0 Å². The molecular formula is C12H16N2O4. The molecule has 0 heterocycles. The molecule has 0 aromatic heterocycles. The lowest BCUT2D eigenvalue weighted by atomic mass is 10.2. The zero-order chi connectivity index (χ0) is 13.2. The lowest BCUT2D eigenvalue weighted by molar-refractivity contribution is -0.142. The second-order valence-electron chi connectivity index (χ2n) is 3.35. The first kappa shape index (κ1) is 14.0. The second kappa shape index (κ2) is 8.08. The molecule has 6 nitrogen and oxygen atoms in total. The third kappa shape index (κ3) is 5.86. The molecule has 0 radical (unpaired) electrons. The molecule has 18 heavy (non-hydrogen) atoms. The first-order valence-corrected chi connectivity index (χ1v) is 5.57. The van der Waals surface area contributed by atoms with Crippen molar-refractivity contribution in [2.45, 2.75) is 13.5 Å². The van der Waals surface area contributed by atoms with Crippen LogP contribution in [-0.2, 0) is 20.9 Å². The van der Waals surface area contributed by atoms with Crippen molar-refractivity contribution in [3.05, 3.63) is 35.9 Å². The highest BCUT2D eigenvalue weighted by atomic mass is 16.6. The van der Waals surface area contributed by atoms with E-state index in [1.54, 1.807) is 6.92 Å². The number of hydrogen-bond acceptors (Lipinski definition) is 5. The Labute approximate surface area is 105 Å². The van der Waals surface area contributed by atoms with Crippen LogP contribution in [0.2, 0.25) is 0 Å². The minimum Gasteiger partial charge on any atom is -0.465 e. The van der Waals surface area contributed by atoms with Gasteiger partial charge in [0.25, 0.3) is 0 Å². The molecule has 1 aromatic carbocycles. The summed E-state index contributed by atoms with van der Waals surface area (Å²) < 4.78 is 9.56. The number of nitrogens with one attached hydrogen (secondary N) is 2. The summed E-state index contributed by atoms with van der Waals surface area (Å²) in [6.07, 6.45) is -0.650. The molecule has 0 aliphatic heterocycles. The van der Waals surface area contributed by atoms with Crippen molar-refractivity contribution >= 4 is 12.1 Å². The van der Waals surface area contributed by atoms with E-state index >= 15 is 0 Å². The monoisotopic (exact) mass is 252 g/mol. The van der Waals surface area contributed by atoms with Crippen molar-refractivity contribution < 1.29 is 19.1 Å². The fourth-order valence-corrected chi connectivity index (χ4v) is 1.16. The zero-order valence-corrected chi connectivity index (χ0v) is 10.1. The number of amides is 1. The SMILES string of the molecule is CCOC(=O)CNNC(=O)OCc1ccccc1. The lowest BCUT2D eigenvalue weighted by Gasteiger charge is -2.07.